The van der Waals surface area contributed by atoms with E-state index < -0.39 is 36.0 Å². The van der Waals surface area contributed by atoms with Gasteiger partial charge in [0.25, 0.3) is 0 Å². The van der Waals surface area contributed by atoms with Gasteiger partial charge < -0.3 is 0 Å². The zero-order chi connectivity index (χ0) is 21.6. The summed E-state index contributed by atoms with van der Waals surface area (Å²) in [5, 5.41) is 30.8. The second kappa shape index (κ2) is 15.9. The van der Waals surface area contributed by atoms with Crippen molar-refractivity contribution in [3.63, 3.8) is 0 Å². The van der Waals surface area contributed by atoms with Crippen LogP contribution in [-0.2, 0) is 19.2 Å². The Morgan fingerprint density at radius 1 is 1.07 bits per heavy atom. The van der Waals surface area contributed by atoms with Crippen LogP contribution in [0, 0.1) is 0 Å². The third-order valence-corrected chi connectivity index (χ3v) is 4.85. The van der Waals surface area contributed by atoms with Crippen LogP contribution in [0.15, 0.2) is 0 Å². The summed E-state index contributed by atoms with van der Waals surface area (Å²) in [6.07, 6.45) is -0.0181. The van der Waals surface area contributed by atoms with E-state index in [2.05, 4.69) is 54.9 Å². The summed E-state index contributed by atoms with van der Waals surface area (Å²) in [4.78, 5) is 42.3. The van der Waals surface area contributed by atoms with Crippen molar-refractivity contribution in [1.29, 1.82) is 0 Å². The van der Waals surface area contributed by atoms with Crippen LogP contribution in [0.3, 0.4) is 0 Å². The van der Waals surface area contributed by atoms with Crippen molar-refractivity contribution in [1.82, 2.24) is 10.6 Å². The molecule has 0 aromatic rings. The molecule has 0 aromatic heterocycles. The molecule has 2 unspecified atom stereocenters. The fourth-order valence-corrected chi connectivity index (χ4v) is 2.56. The number of thiol groups is 1. The van der Waals surface area contributed by atoms with Crippen LogP contribution in [-0.4, -0.2) is 106 Å². The summed E-state index contributed by atoms with van der Waals surface area (Å²) in [7, 11) is 0. The Kier molecular flexibility index (Phi) is 16.5. The number of amides is 1. The molecule has 0 spiro atoms. The molecule has 156 valence electrons. The van der Waals surface area contributed by atoms with Gasteiger partial charge in [0.1, 0.15) is 0 Å². The molecule has 27 heavy (non-hydrogen) atoms. The van der Waals surface area contributed by atoms with Crippen LogP contribution in [0.4, 0.5) is 0 Å². The van der Waals surface area contributed by atoms with Crippen molar-refractivity contribution in [2.45, 2.75) is 36.3 Å². The molecule has 1 amide bonds. The summed E-state index contributed by atoms with van der Waals surface area (Å²) in [5.41, 5.74) is 10.3. The van der Waals surface area contributed by atoms with Gasteiger partial charge in [-0.05, 0) is 0 Å². The second-order valence-electron chi connectivity index (χ2n) is 5.02. The molecule has 0 aliphatic rings. The van der Waals surface area contributed by atoms with E-state index in [9.17, 15) is 19.2 Å². The first-order valence-electron chi connectivity index (χ1n) is 7.43. The molecule has 0 heterocycles. The molecule has 0 aliphatic carbocycles. The number of hydrogen-bond acceptors (Lipinski definition) is 8. The molecule has 9 N–H and O–H groups in total. The van der Waals surface area contributed by atoms with Crippen molar-refractivity contribution in [2.75, 3.05) is 12.3 Å². The third kappa shape index (κ3) is 15.6. The van der Waals surface area contributed by atoms with Gasteiger partial charge in [0.15, 0.2) is 0 Å². The third-order valence-electron chi connectivity index (χ3n) is 2.76. The van der Waals surface area contributed by atoms with Gasteiger partial charge in [-0.1, -0.05) is 0 Å². The van der Waals surface area contributed by atoms with Gasteiger partial charge >= 0.3 is 178 Å². The number of carboxylic acid groups (broad SMARTS) is 3. The summed E-state index contributed by atoms with van der Waals surface area (Å²) >= 11 is 8.81. The van der Waals surface area contributed by atoms with Gasteiger partial charge in [0.05, 0.1) is 0 Å². The molecular formula is C13H24N4O7SSe2. The predicted octanol–water partition coefficient (Wildman–Crippen LogP) is -3.72. The Labute approximate surface area is 177 Å². The standard InChI is InChI=1S/C10H17N3O5SSe.C3H7NO2Se/c11-5(10(17)18)1-2-7(14)13-6(4-19)9(20)12-3-8(15)16;4-2(1-7)3(5)6/h5-6,19H,1-4,11H2,(H,12,20)(H,13,14)(H,15,16)(H,17,18);2,7H,1,4H2,(H,5,6)/t;2-/m.0/s1. The molecule has 0 saturated carbocycles. The number of nitrogens with two attached hydrogens (primary N) is 2. The van der Waals surface area contributed by atoms with Crippen LogP contribution in [0.2, 0.25) is 5.32 Å². The fourth-order valence-electron chi connectivity index (χ4n) is 1.23. The molecule has 0 saturated heterocycles. The van der Waals surface area contributed by atoms with Crippen molar-refractivity contribution in [3.05, 3.63) is 0 Å². The molecule has 0 radical (unpaired) electrons. The maximum atomic E-state index is 11.6. The first-order chi connectivity index (χ1) is 12.5. The quantitative estimate of drug-likeness (QED) is 0.0902. The average molecular weight is 538 g/mol. The zero-order valence-corrected chi connectivity index (χ0v) is 18.7. The number of nitrogens with one attached hydrogen (secondary N) is 2. The van der Waals surface area contributed by atoms with Gasteiger partial charge in [-0.15, -0.1) is 0 Å². The number of carboxylic acids is 3. The Hall–Kier alpha value is -1.14. The van der Waals surface area contributed by atoms with Crippen molar-refractivity contribution >= 4 is 72.6 Å². The number of carbonyl (C=O) groups is 4. The van der Waals surface area contributed by atoms with Gasteiger partial charge in [0.2, 0.25) is 0 Å². The first-order valence-corrected chi connectivity index (χ1v) is 10.2. The number of aliphatic carboxylic acids is 3. The van der Waals surface area contributed by atoms with Crippen LogP contribution in [0.25, 0.3) is 0 Å². The van der Waals surface area contributed by atoms with E-state index in [0.29, 0.717) is 9.86 Å². The minimum absolute atomic E-state index is 0.0196. The van der Waals surface area contributed by atoms with E-state index in [1.54, 1.807) is 0 Å². The van der Waals surface area contributed by atoms with E-state index in [1.807, 2.05) is 0 Å². The molecule has 11 nitrogen and oxygen atoms in total. The zero-order valence-electron chi connectivity index (χ0n) is 14.2. The van der Waals surface area contributed by atoms with Crippen LogP contribution < -0.4 is 22.1 Å². The summed E-state index contributed by atoms with van der Waals surface area (Å²) < 4.78 is 0.443. The monoisotopic (exact) mass is 540 g/mol. The molecule has 0 rings (SSSR count). The Bertz CT molecular complexity index is 539. The summed E-state index contributed by atoms with van der Waals surface area (Å²) in [6, 6.07) is -2.29. The van der Waals surface area contributed by atoms with E-state index in [4.69, 9.17) is 26.8 Å². The SMILES string of the molecule is NC(CCC(=O)NC(CS)C(=[Se])NCC(=O)O)C(=O)O.N[C@@H](C[SeH])C(=O)O. The van der Waals surface area contributed by atoms with Crippen LogP contribution >= 0.6 is 12.6 Å². The maximum absolute atomic E-state index is 11.6. The van der Waals surface area contributed by atoms with Crippen molar-refractivity contribution in [3.8, 4) is 0 Å². The van der Waals surface area contributed by atoms with E-state index >= 15 is 0 Å². The Morgan fingerprint density at radius 2 is 1.59 bits per heavy atom. The predicted molar refractivity (Wildman–Crippen MR) is 105 cm³/mol. The summed E-state index contributed by atoms with van der Waals surface area (Å²) in [6.45, 7) is -0.285. The molecule has 0 aliphatic heterocycles. The second-order valence-corrected chi connectivity index (χ2v) is 7.08. The Balaban J connectivity index is 0. The van der Waals surface area contributed by atoms with E-state index in [0.717, 1.165) is 0 Å². The molecule has 0 bridgehead atoms. The topological polar surface area (TPSA) is 205 Å². The van der Waals surface area contributed by atoms with Crippen molar-refractivity contribution < 1.29 is 34.5 Å². The van der Waals surface area contributed by atoms with Gasteiger partial charge in [-0.2, -0.15) is 0 Å². The molecule has 0 fully saturated rings. The molecule has 14 heteroatoms. The van der Waals surface area contributed by atoms with Crippen molar-refractivity contribution in [2.24, 2.45) is 11.5 Å². The fraction of sp³-hybridized carbons (Fsp3) is 0.615. The Morgan fingerprint density at radius 3 is 1.93 bits per heavy atom. The number of rotatable bonds is 12. The van der Waals surface area contributed by atoms with Gasteiger partial charge in [0, 0.05) is 0 Å². The average Bonchev–Trinajstić information content (AvgIpc) is 2.61. The molecular weight excluding hydrogens is 514 g/mol. The van der Waals surface area contributed by atoms with Crippen LogP contribution in [0.5, 0.6) is 0 Å². The van der Waals surface area contributed by atoms with Gasteiger partial charge in [-0.25, -0.2) is 0 Å². The van der Waals surface area contributed by atoms with Gasteiger partial charge in [-0.3, -0.25) is 0 Å². The number of hydrogen-bond donors (Lipinski definition) is 8. The van der Waals surface area contributed by atoms with Crippen LogP contribution in [0.1, 0.15) is 12.8 Å². The van der Waals surface area contributed by atoms with E-state index in [1.165, 1.54) is 0 Å². The first kappa shape index (κ1) is 28.1. The normalized spacial score (nSPS) is 13.2. The minimum atomic E-state index is -1.16. The summed E-state index contributed by atoms with van der Waals surface area (Å²) in [5.74, 6) is -3.27. The van der Waals surface area contributed by atoms with E-state index in [-0.39, 0.29) is 31.0 Å². The molecule has 3 atom stereocenters. The molecule has 0 aromatic carbocycles. The number of carbonyl (C=O) groups excluding carboxylic acids is 1.